The fourth-order valence-corrected chi connectivity index (χ4v) is 2.50. The monoisotopic (exact) mass is 291 g/mol. The van der Waals surface area contributed by atoms with Gasteiger partial charge in [0.15, 0.2) is 0 Å². The van der Waals surface area contributed by atoms with Crippen LogP contribution in [-0.4, -0.2) is 47.0 Å². The van der Waals surface area contributed by atoms with Gasteiger partial charge in [0.25, 0.3) is 0 Å². The SMILES string of the molecule is CCNc1nc(C)cc(NCCC(=O)N2CCCCC2)n1. The molecule has 1 aromatic rings. The van der Waals surface area contributed by atoms with Crippen molar-refractivity contribution >= 4 is 17.7 Å². The van der Waals surface area contributed by atoms with Crippen LogP contribution in [0.4, 0.5) is 11.8 Å². The third-order valence-electron chi connectivity index (χ3n) is 3.54. The second kappa shape index (κ2) is 7.81. The molecule has 0 atom stereocenters. The molecule has 1 aliphatic heterocycles. The van der Waals surface area contributed by atoms with E-state index < -0.39 is 0 Å². The van der Waals surface area contributed by atoms with Gasteiger partial charge in [0.05, 0.1) is 0 Å². The van der Waals surface area contributed by atoms with Crippen molar-refractivity contribution in [2.24, 2.45) is 0 Å². The first-order chi connectivity index (χ1) is 10.2. The van der Waals surface area contributed by atoms with Gasteiger partial charge in [-0.15, -0.1) is 0 Å². The summed E-state index contributed by atoms with van der Waals surface area (Å²) < 4.78 is 0. The normalized spacial score (nSPS) is 14.9. The van der Waals surface area contributed by atoms with Gasteiger partial charge < -0.3 is 15.5 Å². The number of aryl methyl sites for hydroxylation is 1. The molecule has 0 saturated carbocycles. The fourth-order valence-electron chi connectivity index (χ4n) is 2.50. The van der Waals surface area contributed by atoms with E-state index in [1.165, 1.54) is 6.42 Å². The van der Waals surface area contributed by atoms with Crippen LogP contribution >= 0.6 is 0 Å². The molecular formula is C15H25N5O. The number of likely N-dealkylation sites (tertiary alicyclic amines) is 1. The molecule has 1 fully saturated rings. The summed E-state index contributed by atoms with van der Waals surface area (Å²) in [7, 11) is 0. The number of nitrogens with one attached hydrogen (secondary N) is 2. The van der Waals surface area contributed by atoms with Gasteiger partial charge in [-0.3, -0.25) is 4.79 Å². The lowest BCUT2D eigenvalue weighted by Crippen LogP contribution is -2.36. The maximum atomic E-state index is 12.1. The minimum atomic E-state index is 0.236. The highest BCUT2D eigenvalue weighted by Gasteiger charge is 2.15. The number of amides is 1. The van der Waals surface area contributed by atoms with Crippen LogP contribution in [0.25, 0.3) is 0 Å². The van der Waals surface area contributed by atoms with E-state index in [4.69, 9.17) is 0 Å². The maximum absolute atomic E-state index is 12.1. The third kappa shape index (κ3) is 4.88. The second-order valence-corrected chi connectivity index (χ2v) is 5.37. The van der Waals surface area contributed by atoms with Gasteiger partial charge in [-0.1, -0.05) is 0 Å². The topological polar surface area (TPSA) is 70.2 Å². The van der Waals surface area contributed by atoms with Crippen molar-refractivity contribution in [1.82, 2.24) is 14.9 Å². The van der Waals surface area contributed by atoms with Gasteiger partial charge in [0.1, 0.15) is 5.82 Å². The maximum Gasteiger partial charge on any atom is 0.224 e. The summed E-state index contributed by atoms with van der Waals surface area (Å²) in [5, 5.41) is 6.32. The van der Waals surface area contributed by atoms with Crippen LogP contribution in [-0.2, 0) is 4.79 Å². The van der Waals surface area contributed by atoms with Crippen LogP contribution in [0.15, 0.2) is 6.07 Å². The molecule has 21 heavy (non-hydrogen) atoms. The van der Waals surface area contributed by atoms with Crippen molar-refractivity contribution in [1.29, 1.82) is 0 Å². The number of rotatable bonds is 6. The van der Waals surface area contributed by atoms with Crippen molar-refractivity contribution in [2.75, 3.05) is 36.8 Å². The standard InChI is InChI=1S/C15H25N5O/c1-3-16-15-18-12(2)11-13(19-15)17-8-7-14(21)20-9-5-4-6-10-20/h11H,3-10H2,1-2H3,(H2,16,17,18,19). The van der Waals surface area contributed by atoms with E-state index in [0.29, 0.717) is 18.9 Å². The number of piperidine rings is 1. The highest BCUT2D eigenvalue weighted by molar-refractivity contribution is 5.76. The quantitative estimate of drug-likeness (QED) is 0.839. The summed E-state index contributed by atoms with van der Waals surface area (Å²) in [6.07, 6.45) is 4.03. The summed E-state index contributed by atoms with van der Waals surface area (Å²) in [6.45, 7) is 7.17. The number of carbonyl (C=O) groups excluding carboxylic acids is 1. The summed E-state index contributed by atoms with van der Waals surface area (Å²) in [6, 6.07) is 1.90. The Hall–Kier alpha value is -1.85. The zero-order valence-electron chi connectivity index (χ0n) is 13.0. The molecule has 2 heterocycles. The average molecular weight is 291 g/mol. The van der Waals surface area contributed by atoms with Crippen molar-refractivity contribution in [3.63, 3.8) is 0 Å². The van der Waals surface area contributed by atoms with E-state index in [1.54, 1.807) is 0 Å². The number of aromatic nitrogens is 2. The minimum Gasteiger partial charge on any atom is -0.369 e. The number of hydrogen-bond donors (Lipinski definition) is 2. The second-order valence-electron chi connectivity index (χ2n) is 5.37. The van der Waals surface area contributed by atoms with E-state index in [-0.39, 0.29) is 5.91 Å². The Balaban J connectivity index is 1.81. The summed E-state index contributed by atoms with van der Waals surface area (Å²) >= 11 is 0. The number of carbonyl (C=O) groups is 1. The molecule has 116 valence electrons. The van der Waals surface area contributed by atoms with Crippen LogP contribution in [0, 0.1) is 6.92 Å². The molecule has 6 nitrogen and oxygen atoms in total. The predicted molar refractivity (Wildman–Crippen MR) is 84.5 cm³/mol. The largest absolute Gasteiger partial charge is 0.369 e. The zero-order valence-corrected chi connectivity index (χ0v) is 13.0. The molecule has 1 aromatic heterocycles. The molecule has 0 spiro atoms. The number of nitrogens with zero attached hydrogens (tertiary/aromatic N) is 3. The van der Waals surface area contributed by atoms with E-state index in [2.05, 4.69) is 20.6 Å². The Labute approximate surface area is 126 Å². The molecule has 1 saturated heterocycles. The summed E-state index contributed by atoms with van der Waals surface area (Å²) in [5.74, 6) is 1.63. The van der Waals surface area contributed by atoms with Crippen LogP contribution in [0.5, 0.6) is 0 Å². The molecule has 2 rings (SSSR count). The van der Waals surface area contributed by atoms with E-state index in [1.807, 2.05) is 24.8 Å². The predicted octanol–water partition coefficient (Wildman–Crippen LogP) is 2.03. The zero-order chi connectivity index (χ0) is 15.1. The van der Waals surface area contributed by atoms with Crippen LogP contribution < -0.4 is 10.6 Å². The first-order valence-corrected chi connectivity index (χ1v) is 7.80. The average Bonchev–Trinajstić information content (AvgIpc) is 2.48. The summed E-state index contributed by atoms with van der Waals surface area (Å²) in [4.78, 5) is 22.7. The molecule has 0 aliphatic carbocycles. The van der Waals surface area contributed by atoms with Gasteiger partial charge in [-0.05, 0) is 33.1 Å². The Kier molecular flexibility index (Phi) is 5.78. The molecule has 0 aromatic carbocycles. The Bertz CT molecular complexity index is 471. The molecule has 1 amide bonds. The van der Waals surface area contributed by atoms with Gasteiger partial charge in [0.2, 0.25) is 11.9 Å². The minimum absolute atomic E-state index is 0.236. The van der Waals surface area contributed by atoms with E-state index in [9.17, 15) is 4.79 Å². The molecule has 6 heteroatoms. The van der Waals surface area contributed by atoms with Gasteiger partial charge in [-0.25, -0.2) is 4.98 Å². The molecule has 2 N–H and O–H groups in total. The number of anilines is 2. The Morgan fingerprint density at radius 2 is 2.00 bits per heavy atom. The van der Waals surface area contributed by atoms with E-state index in [0.717, 1.165) is 44.0 Å². The lowest BCUT2D eigenvalue weighted by molar-refractivity contribution is -0.131. The first kappa shape index (κ1) is 15.5. The third-order valence-corrected chi connectivity index (χ3v) is 3.54. The smallest absolute Gasteiger partial charge is 0.224 e. The highest BCUT2D eigenvalue weighted by atomic mass is 16.2. The van der Waals surface area contributed by atoms with Crippen LogP contribution in [0.1, 0.15) is 38.3 Å². The van der Waals surface area contributed by atoms with Crippen molar-refractivity contribution < 1.29 is 4.79 Å². The molecule has 0 radical (unpaired) electrons. The Morgan fingerprint density at radius 1 is 1.24 bits per heavy atom. The molecule has 0 unspecified atom stereocenters. The van der Waals surface area contributed by atoms with Gasteiger partial charge in [-0.2, -0.15) is 4.98 Å². The van der Waals surface area contributed by atoms with Crippen molar-refractivity contribution in [2.45, 2.75) is 39.5 Å². The van der Waals surface area contributed by atoms with Gasteiger partial charge in [0, 0.05) is 44.4 Å². The molecule has 1 aliphatic rings. The van der Waals surface area contributed by atoms with Crippen LogP contribution in [0.2, 0.25) is 0 Å². The van der Waals surface area contributed by atoms with Crippen LogP contribution in [0.3, 0.4) is 0 Å². The lowest BCUT2D eigenvalue weighted by Gasteiger charge is -2.26. The van der Waals surface area contributed by atoms with Gasteiger partial charge >= 0.3 is 0 Å². The fraction of sp³-hybridized carbons (Fsp3) is 0.667. The summed E-state index contributed by atoms with van der Waals surface area (Å²) in [5.41, 5.74) is 0.908. The first-order valence-electron chi connectivity index (χ1n) is 7.80. The van der Waals surface area contributed by atoms with Crippen molar-refractivity contribution in [3.8, 4) is 0 Å². The van der Waals surface area contributed by atoms with Crippen molar-refractivity contribution in [3.05, 3.63) is 11.8 Å². The Morgan fingerprint density at radius 3 is 2.71 bits per heavy atom. The van der Waals surface area contributed by atoms with E-state index >= 15 is 0 Å². The molecular weight excluding hydrogens is 266 g/mol. The lowest BCUT2D eigenvalue weighted by atomic mass is 10.1. The highest BCUT2D eigenvalue weighted by Crippen LogP contribution is 2.11. The molecule has 0 bridgehead atoms. The number of hydrogen-bond acceptors (Lipinski definition) is 5.